The number of nitrogens with one attached hydrogen (secondary N) is 1. The summed E-state index contributed by atoms with van der Waals surface area (Å²) in [6.45, 7) is 1.41. The monoisotopic (exact) mass is 367 g/mol. The van der Waals surface area contributed by atoms with Crippen molar-refractivity contribution < 1.29 is 14.3 Å². The Bertz CT molecular complexity index is 925. The molecule has 5 rings (SSSR count). The van der Waals surface area contributed by atoms with E-state index in [-0.39, 0.29) is 11.8 Å². The number of ether oxygens (including phenoxy) is 1. The Hall–Kier alpha value is -2.17. The van der Waals surface area contributed by atoms with Crippen LogP contribution < -0.4 is 5.32 Å². The van der Waals surface area contributed by atoms with Gasteiger partial charge in [-0.05, 0) is 37.1 Å². The van der Waals surface area contributed by atoms with E-state index in [4.69, 9.17) is 16.3 Å². The molecule has 2 fully saturated rings. The van der Waals surface area contributed by atoms with Crippen molar-refractivity contribution in [2.24, 2.45) is 0 Å². The lowest BCUT2D eigenvalue weighted by atomic mass is 9.82. The summed E-state index contributed by atoms with van der Waals surface area (Å²) in [5.74, 6) is -0.365. The minimum absolute atomic E-state index is 0.0108. The van der Waals surface area contributed by atoms with E-state index in [1.54, 1.807) is 6.07 Å². The van der Waals surface area contributed by atoms with Gasteiger partial charge in [-0.15, -0.1) is 0 Å². The van der Waals surface area contributed by atoms with Gasteiger partial charge in [-0.3, -0.25) is 4.79 Å². The van der Waals surface area contributed by atoms with E-state index in [0.29, 0.717) is 22.7 Å². The second kappa shape index (κ2) is 5.41. The van der Waals surface area contributed by atoms with Gasteiger partial charge in [0.2, 0.25) is 0 Å². The van der Waals surface area contributed by atoms with Crippen LogP contribution in [-0.4, -0.2) is 24.8 Å². The molecule has 1 saturated carbocycles. The third kappa shape index (κ3) is 2.12. The summed E-state index contributed by atoms with van der Waals surface area (Å²) < 4.78 is 5.75. The Morgan fingerprint density at radius 1 is 1.08 bits per heavy atom. The molecule has 3 aliphatic rings. The SMILES string of the molecule is O=C1OC2(CCNC2)c2cccc(C(=O)C3(c4ccc(Cl)cc4)CC3)c21. The topological polar surface area (TPSA) is 55.4 Å². The van der Waals surface area contributed by atoms with Crippen molar-refractivity contribution in [2.45, 2.75) is 30.3 Å². The number of halogens is 1. The normalized spacial score (nSPS) is 25.2. The van der Waals surface area contributed by atoms with Crippen molar-refractivity contribution in [3.8, 4) is 0 Å². The molecule has 0 bridgehead atoms. The van der Waals surface area contributed by atoms with Gasteiger partial charge in [0.1, 0.15) is 0 Å². The standard InChI is InChI=1S/C21H18ClNO3/c22-14-6-4-13(5-7-14)20(8-9-20)18(24)15-2-1-3-16-17(15)19(25)26-21(16)10-11-23-12-21/h1-7,23H,8-12H2. The van der Waals surface area contributed by atoms with Crippen molar-refractivity contribution in [2.75, 3.05) is 13.1 Å². The number of benzene rings is 2. The summed E-state index contributed by atoms with van der Waals surface area (Å²) in [5.41, 5.74) is 1.62. The molecule has 0 radical (unpaired) electrons. The van der Waals surface area contributed by atoms with Crippen LogP contribution in [0, 0.1) is 0 Å². The Morgan fingerprint density at radius 3 is 2.50 bits per heavy atom. The zero-order chi connectivity index (χ0) is 17.9. The zero-order valence-electron chi connectivity index (χ0n) is 14.2. The molecule has 1 N–H and O–H groups in total. The van der Waals surface area contributed by atoms with Gasteiger partial charge in [-0.1, -0.05) is 41.9 Å². The van der Waals surface area contributed by atoms with Crippen LogP contribution in [0.25, 0.3) is 0 Å². The highest BCUT2D eigenvalue weighted by atomic mass is 35.5. The molecule has 2 aromatic rings. The van der Waals surface area contributed by atoms with E-state index in [9.17, 15) is 9.59 Å². The molecule has 1 saturated heterocycles. The van der Waals surface area contributed by atoms with Crippen LogP contribution in [0.15, 0.2) is 42.5 Å². The minimum Gasteiger partial charge on any atom is -0.449 e. The smallest absolute Gasteiger partial charge is 0.340 e. The maximum atomic E-state index is 13.5. The molecule has 2 aromatic carbocycles. The molecule has 1 aliphatic carbocycles. The molecule has 26 heavy (non-hydrogen) atoms. The van der Waals surface area contributed by atoms with Crippen LogP contribution in [0.2, 0.25) is 5.02 Å². The van der Waals surface area contributed by atoms with Crippen LogP contribution in [0.1, 0.15) is 51.1 Å². The van der Waals surface area contributed by atoms with Gasteiger partial charge in [0, 0.05) is 29.1 Å². The number of ketones is 1. The number of hydrogen-bond donors (Lipinski definition) is 1. The highest BCUT2D eigenvalue weighted by Gasteiger charge is 2.54. The minimum atomic E-state index is -0.611. The quantitative estimate of drug-likeness (QED) is 0.665. The summed E-state index contributed by atoms with van der Waals surface area (Å²) in [6, 6.07) is 13.0. The molecule has 5 heteroatoms. The van der Waals surface area contributed by atoms with Crippen LogP contribution in [0.5, 0.6) is 0 Å². The Kier molecular flexibility index (Phi) is 3.34. The molecule has 2 aliphatic heterocycles. The molecule has 1 spiro atoms. The lowest BCUT2D eigenvalue weighted by Crippen LogP contribution is -2.28. The summed E-state index contributed by atoms with van der Waals surface area (Å²) in [6.07, 6.45) is 2.32. The third-order valence-corrected chi connectivity index (χ3v) is 6.24. The first-order chi connectivity index (χ1) is 12.6. The number of rotatable bonds is 3. The Balaban J connectivity index is 1.60. The van der Waals surface area contributed by atoms with Gasteiger partial charge in [0.05, 0.1) is 11.0 Å². The summed E-state index contributed by atoms with van der Waals surface area (Å²) >= 11 is 5.99. The molecule has 1 atom stereocenters. The number of esters is 1. The fraction of sp³-hybridized carbons (Fsp3) is 0.333. The van der Waals surface area contributed by atoms with E-state index >= 15 is 0 Å². The first kappa shape index (κ1) is 16.0. The predicted molar refractivity (Wildman–Crippen MR) is 97.7 cm³/mol. The molecule has 1 unspecified atom stereocenters. The maximum Gasteiger partial charge on any atom is 0.340 e. The number of hydrogen-bond acceptors (Lipinski definition) is 4. The lowest BCUT2D eigenvalue weighted by molar-refractivity contribution is 0.00158. The average Bonchev–Trinajstić information content (AvgIpc) is 3.25. The van der Waals surface area contributed by atoms with Crippen molar-refractivity contribution in [3.63, 3.8) is 0 Å². The molecule has 0 amide bonds. The van der Waals surface area contributed by atoms with Crippen LogP contribution in [0.4, 0.5) is 0 Å². The van der Waals surface area contributed by atoms with Gasteiger partial charge in [0.15, 0.2) is 11.4 Å². The predicted octanol–water partition coefficient (Wildman–Crippen LogP) is 3.61. The van der Waals surface area contributed by atoms with E-state index in [0.717, 1.165) is 36.9 Å². The maximum absolute atomic E-state index is 13.5. The van der Waals surface area contributed by atoms with E-state index in [1.807, 2.05) is 36.4 Å². The van der Waals surface area contributed by atoms with Crippen LogP contribution in [0.3, 0.4) is 0 Å². The molecular formula is C21H18ClNO3. The highest BCUT2D eigenvalue weighted by molar-refractivity contribution is 6.30. The van der Waals surface area contributed by atoms with Crippen molar-refractivity contribution in [1.82, 2.24) is 5.32 Å². The van der Waals surface area contributed by atoms with E-state index < -0.39 is 11.0 Å². The van der Waals surface area contributed by atoms with Crippen LogP contribution >= 0.6 is 11.6 Å². The number of fused-ring (bicyclic) bond motifs is 2. The van der Waals surface area contributed by atoms with Crippen molar-refractivity contribution in [1.29, 1.82) is 0 Å². The number of Topliss-reactive ketones (excluding diaryl/α,β-unsaturated/α-hetero) is 1. The van der Waals surface area contributed by atoms with Gasteiger partial charge < -0.3 is 10.1 Å². The van der Waals surface area contributed by atoms with E-state index in [2.05, 4.69) is 5.32 Å². The first-order valence-corrected chi connectivity index (χ1v) is 9.32. The third-order valence-electron chi connectivity index (χ3n) is 5.99. The summed E-state index contributed by atoms with van der Waals surface area (Å²) in [7, 11) is 0. The molecule has 0 aromatic heterocycles. The van der Waals surface area contributed by atoms with Gasteiger partial charge in [-0.25, -0.2) is 4.79 Å². The first-order valence-electron chi connectivity index (χ1n) is 8.94. The fourth-order valence-electron chi connectivity index (χ4n) is 4.41. The number of carbonyl (C=O) groups is 2. The second-order valence-corrected chi connectivity index (χ2v) is 7.89. The summed E-state index contributed by atoms with van der Waals surface area (Å²) in [4.78, 5) is 26.1. The zero-order valence-corrected chi connectivity index (χ0v) is 14.9. The van der Waals surface area contributed by atoms with Gasteiger partial charge in [0.25, 0.3) is 0 Å². The second-order valence-electron chi connectivity index (χ2n) is 7.46. The van der Waals surface area contributed by atoms with Gasteiger partial charge >= 0.3 is 5.97 Å². The van der Waals surface area contributed by atoms with Crippen LogP contribution in [-0.2, 0) is 15.8 Å². The van der Waals surface area contributed by atoms with Gasteiger partial charge in [-0.2, -0.15) is 0 Å². The summed E-state index contributed by atoms with van der Waals surface area (Å²) in [5, 5.41) is 3.91. The molecule has 132 valence electrons. The fourth-order valence-corrected chi connectivity index (χ4v) is 4.54. The van der Waals surface area contributed by atoms with Crippen molar-refractivity contribution in [3.05, 3.63) is 69.7 Å². The van der Waals surface area contributed by atoms with Crippen molar-refractivity contribution >= 4 is 23.4 Å². The average molecular weight is 368 g/mol. The van der Waals surface area contributed by atoms with E-state index in [1.165, 1.54) is 0 Å². The Morgan fingerprint density at radius 2 is 1.85 bits per heavy atom. The lowest BCUT2D eigenvalue weighted by Gasteiger charge is -2.22. The molecule has 4 nitrogen and oxygen atoms in total. The molecular weight excluding hydrogens is 350 g/mol. The number of carbonyl (C=O) groups excluding carboxylic acids is 2. The highest BCUT2D eigenvalue weighted by Crippen LogP contribution is 2.52. The Labute approximate surface area is 156 Å². The molecule has 2 heterocycles. The largest absolute Gasteiger partial charge is 0.449 e.